The molecule has 2 rings (SSSR count). The molecule has 0 N–H and O–H groups in total. The van der Waals surface area contributed by atoms with Crippen molar-refractivity contribution in [2.24, 2.45) is 0 Å². The summed E-state index contributed by atoms with van der Waals surface area (Å²) in [4.78, 5) is 8.09. The van der Waals surface area contributed by atoms with Crippen molar-refractivity contribution in [2.45, 2.75) is 23.6 Å². The first-order valence-electron chi connectivity index (χ1n) is 3.83. The highest BCUT2D eigenvalue weighted by atomic mass is 35.5. The molecule has 0 saturated carbocycles. The van der Waals surface area contributed by atoms with Gasteiger partial charge in [0.2, 0.25) is 0 Å². The van der Waals surface area contributed by atoms with Crippen molar-refractivity contribution >= 4 is 23.2 Å². The molecule has 0 bridgehead atoms. The molecule has 2 nitrogen and oxygen atoms in total. The summed E-state index contributed by atoms with van der Waals surface area (Å²) < 4.78 is -0.613. The van der Waals surface area contributed by atoms with Crippen LogP contribution in [0.25, 0.3) is 0 Å². The minimum Gasteiger partial charge on any atom is -0.245 e. The summed E-state index contributed by atoms with van der Waals surface area (Å²) in [5, 5.41) is 0. The van der Waals surface area contributed by atoms with E-state index in [-0.39, 0.29) is 0 Å². The Morgan fingerprint density at radius 1 is 1.42 bits per heavy atom. The van der Waals surface area contributed by atoms with E-state index in [1.165, 1.54) is 0 Å². The van der Waals surface area contributed by atoms with E-state index < -0.39 is 4.33 Å². The van der Waals surface area contributed by atoms with Gasteiger partial charge in [0.1, 0.15) is 10.7 Å². The van der Waals surface area contributed by atoms with Gasteiger partial charge in [0, 0.05) is 18.3 Å². The van der Waals surface area contributed by atoms with Gasteiger partial charge in [-0.3, -0.25) is 0 Å². The van der Waals surface area contributed by atoms with Gasteiger partial charge in [0.05, 0.1) is 0 Å². The highest BCUT2D eigenvalue weighted by Gasteiger charge is 2.30. The number of rotatable bonds is 0. The van der Waals surface area contributed by atoms with E-state index in [4.69, 9.17) is 23.2 Å². The summed E-state index contributed by atoms with van der Waals surface area (Å²) in [6.07, 6.45) is 5.65. The second kappa shape index (κ2) is 2.86. The van der Waals surface area contributed by atoms with Crippen LogP contribution in [0.3, 0.4) is 0 Å². The lowest BCUT2D eigenvalue weighted by Gasteiger charge is -2.25. The molecule has 0 spiro atoms. The highest BCUT2D eigenvalue weighted by Crippen LogP contribution is 2.35. The molecular weight excluding hydrogens is 195 g/mol. The van der Waals surface area contributed by atoms with Crippen LogP contribution >= 0.6 is 23.2 Å². The van der Waals surface area contributed by atoms with Crippen LogP contribution in [0.1, 0.15) is 17.7 Å². The fourth-order valence-electron chi connectivity index (χ4n) is 1.42. The molecule has 0 aromatic carbocycles. The topological polar surface area (TPSA) is 25.8 Å². The number of halogens is 2. The number of nitrogens with zero attached hydrogens (tertiary/aromatic N) is 2. The Balaban J connectivity index is 2.35. The van der Waals surface area contributed by atoms with Crippen LogP contribution in [-0.4, -0.2) is 14.3 Å². The Kier molecular flexibility index (Phi) is 1.97. The lowest BCUT2D eigenvalue weighted by Crippen LogP contribution is -2.24. The first kappa shape index (κ1) is 8.27. The Labute approximate surface area is 80.9 Å². The fraction of sp³-hybridized carbons (Fsp3) is 0.500. The van der Waals surface area contributed by atoms with Crippen molar-refractivity contribution in [3.63, 3.8) is 0 Å². The van der Waals surface area contributed by atoms with Crippen LogP contribution in [0.5, 0.6) is 0 Å². The maximum Gasteiger partial charge on any atom is 0.122 e. The van der Waals surface area contributed by atoms with Crippen molar-refractivity contribution < 1.29 is 0 Å². The molecule has 1 heterocycles. The van der Waals surface area contributed by atoms with Gasteiger partial charge in [-0.2, -0.15) is 0 Å². The molecule has 0 amide bonds. The predicted octanol–water partition coefficient (Wildman–Crippen LogP) is 2.14. The summed E-state index contributed by atoms with van der Waals surface area (Å²) in [6.45, 7) is 0. The Morgan fingerprint density at radius 2 is 2.25 bits per heavy atom. The summed E-state index contributed by atoms with van der Waals surface area (Å²) in [5.74, 6) is 0. The van der Waals surface area contributed by atoms with Crippen LogP contribution in [0, 0.1) is 0 Å². The molecule has 0 radical (unpaired) electrons. The third kappa shape index (κ3) is 1.54. The van der Waals surface area contributed by atoms with Crippen LogP contribution < -0.4 is 0 Å². The number of aromatic nitrogens is 2. The predicted molar refractivity (Wildman–Crippen MR) is 48.5 cm³/mol. The maximum atomic E-state index is 6.01. The molecule has 1 aliphatic carbocycles. The normalized spacial score (nSPS) is 20.2. The molecule has 1 aliphatic rings. The third-order valence-corrected chi connectivity index (χ3v) is 2.70. The Hall–Kier alpha value is -0.340. The standard InChI is InChI=1S/C8H8Cl2N2/c9-8(10)2-1-7-6(3-8)4-11-5-12-7/h4-5H,1-3H2. The number of alkyl halides is 2. The largest absolute Gasteiger partial charge is 0.245 e. The van der Waals surface area contributed by atoms with Gasteiger partial charge in [-0.15, -0.1) is 23.2 Å². The molecule has 0 unspecified atom stereocenters. The van der Waals surface area contributed by atoms with E-state index in [1.54, 1.807) is 12.5 Å². The van der Waals surface area contributed by atoms with Gasteiger partial charge in [-0.1, -0.05) is 0 Å². The van der Waals surface area contributed by atoms with Gasteiger partial charge in [0.15, 0.2) is 0 Å². The van der Waals surface area contributed by atoms with E-state index in [0.29, 0.717) is 6.42 Å². The van der Waals surface area contributed by atoms with E-state index in [9.17, 15) is 0 Å². The summed E-state index contributed by atoms with van der Waals surface area (Å²) in [7, 11) is 0. The average molecular weight is 203 g/mol. The Morgan fingerprint density at radius 3 is 3.08 bits per heavy atom. The molecule has 1 aromatic heterocycles. The SMILES string of the molecule is ClC1(Cl)CCc2ncncc2C1. The highest BCUT2D eigenvalue weighted by molar-refractivity contribution is 6.48. The average Bonchev–Trinajstić information content (AvgIpc) is 2.02. The summed E-state index contributed by atoms with van der Waals surface area (Å²) in [5.41, 5.74) is 2.16. The van der Waals surface area contributed by atoms with Gasteiger partial charge < -0.3 is 0 Å². The van der Waals surface area contributed by atoms with Gasteiger partial charge in [-0.05, 0) is 18.4 Å². The molecule has 12 heavy (non-hydrogen) atoms. The minimum atomic E-state index is -0.613. The van der Waals surface area contributed by atoms with Crippen LogP contribution in [-0.2, 0) is 12.8 Å². The van der Waals surface area contributed by atoms with Crippen molar-refractivity contribution in [3.8, 4) is 0 Å². The maximum absolute atomic E-state index is 6.01. The summed E-state index contributed by atoms with van der Waals surface area (Å²) >= 11 is 12.0. The van der Waals surface area contributed by atoms with Gasteiger partial charge in [-0.25, -0.2) is 9.97 Å². The molecule has 4 heteroatoms. The number of hydrogen-bond acceptors (Lipinski definition) is 2. The van der Waals surface area contributed by atoms with E-state index in [1.807, 2.05) is 0 Å². The lowest BCUT2D eigenvalue weighted by atomic mass is 9.97. The Bertz CT molecular complexity index is 299. The van der Waals surface area contributed by atoms with E-state index >= 15 is 0 Å². The van der Waals surface area contributed by atoms with Crippen molar-refractivity contribution in [1.29, 1.82) is 0 Å². The third-order valence-electron chi connectivity index (χ3n) is 2.06. The second-order valence-corrected chi connectivity index (χ2v) is 4.67. The zero-order valence-electron chi connectivity index (χ0n) is 6.43. The number of aryl methyl sites for hydroxylation is 1. The zero-order chi connectivity index (χ0) is 8.60. The molecule has 0 fully saturated rings. The molecule has 0 atom stereocenters. The number of fused-ring (bicyclic) bond motifs is 1. The first-order valence-corrected chi connectivity index (χ1v) is 4.58. The summed E-state index contributed by atoms with van der Waals surface area (Å²) in [6, 6.07) is 0. The van der Waals surface area contributed by atoms with Crippen molar-refractivity contribution in [2.75, 3.05) is 0 Å². The van der Waals surface area contributed by atoms with Crippen LogP contribution in [0.4, 0.5) is 0 Å². The fourth-order valence-corrected chi connectivity index (χ4v) is 1.90. The van der Waals surface area contributed by atoms with Crippen LogP contribution in [0.15, 0.2) is 12.5 Å². The molecule has 1 aromatic rings. The van der Waals surface area contributed by atoms with Gasteiger partial charge >= 0.3 is 0 Å². The zero-order valence-corrected chi connectivity index (χ0v) is 7.94. The van der Waals surface area contributed by atoms with Crippen molar-refractivity contribution in [1.82, 2.24) is 9.97 Å². The van der Waals surface area contributed by atoms with E-state index in [2.05, 4.69) is 9.97 Å². The quantitative estimate of drug-likeness (QED) is 0.603. The monoisotopic (exact) mass is 202 g/mol. The molecule has 0 saturated heterocycles. The van der Waals surface area contributed by atoms with E-state index in [0.717, 1.165) is 24.1 Å². The number of hydrogen-bond donors (Lipinski definition) is 0. The van der Waals surface area contributed by atoms with Crippen LogP contribution in [0.2, 0.25) is 0 Å². The minimum absolute atomic E-state index is 0.613. The lowest BCUT2D eigenvalue weighted by molar-refractivity contribution is 0.624. The van der Waals surface area contributed by atoms with Crippen molar-refractivity contribution in [3.05, 3.63) is 23.8 Å². The molecule has 64 valence electrons. The molecular formula is C8H8Cl2N2. The smallest absolute Gasteiger partial charge is 0.122 e. The molecule has 0 aliphatic heterocycles. The van der Waals surface area contributed by atoms with Gasteiger partial charge in [0.25, 0.3) is 0 Å². The first-order chi connectivity index (χ1) is 5.67. The second-order valence-electron chi connectivity index (χ2n) is 3.03.